The van der Waals surface area contributed by atoms with Gasteiger partial charge in [-0.2, -0.15) is 0 Å². The van der Waals surface area contributed by atoms with Crippen LogP contribution >= 0.6 is 0 Å². The number of hydrogen-bond donors (Lipinski definition) is 1. The molecule has 0 saturated carbocycles. The normalized spacial score (nSPS) is 13.6. The average Bonchev–Trinajstić information content (AvgIpc) is 2.57. The highest BCUT2D eigenvalue weighted by atomic mass is 16.5. The van der Waals surface area contributed by atoms with Crippen LogP contribution in [0.25, 0.3) is 0 Å². The maximum atomic E-state index is 13.0. The van der Waals surface area contributed by atoms with Crippen LogP contribution in [0, 0.1) is 0 Å². The number of nitrogens with two attached hydrogens (primary N) is 1. The van der Waals surface area contributed by atoms with Gasteiger partial charge in [0.25, 0.3) is 0 Å². The Hall–Kier alpha value is -1.97. The Labute approximate surface area is 125 Å². The van der Waals surface area contributed by atoms with Gasteiger partial charge in [-0.1, -0.05) is 67.6 Å². The van der Waals surface area contributed by atoms with Gasteiger partial charge in [0, 0.05) is 18.7 Å². The van der Waals surface area contributed by atoms with E-state index >= 15 is 0 Å². The maximum absolute atomic E-state index is 13.0. The molecule has 0 spiro atoms. The molecule has 3 heteroatoms. The third-order valence-corrected chi connectivity index (χ3v) is 3.48. The number of hydrogen-bond acceptors (Lipinski definition) is 3. The number of benzene rings is 2. The molecule has 1 unspecified atom stereocenters. The van der Waals surface area contributed by atoms with Gasteiger partial charge in [-0.3, -0.25) is 4.79 Å². The SMILES string of the molecule is CCCOC(CN)(C(=O)c1ccccc1)c1ccccc1. The molecule has 2 aromatic carbocycles. The van der Waals surface area contributed by atoms with E-state index < -0.39 is 5.60 Å². The van der Waals surface area contributed by atoms with Gasteiger partial charge in [0.05, 0.1) is 0 Å². The van der Waals surface area contributed by atoms with Crippen LogP contribution in [0.4, 0.5) is 0 Å². The molecule has 0 aromatic heterocycles. The molecule has 0 radical (unpaired) electrons. The molecule has 110 valence electrons. The van der Waals surface area contributed by atoms with Crippen molar-refractivity contribution in [2.75, 3.05) is 13.2 Å². The Morgan fingerprint density at radius 1 is 1.05 bits per heavy atom. The Kier molecular flexibility index (Phi) is 5.26. The maximum Gasteiger partial charge on any atom is 0.200 e. The Morgan fingerprint density at radius 3 is 2.14 bits per heavy atom. The van der Waals surface area contributed by atoms with E-state index in [0.717, 1.165) is 12.0 Å². The number of Topliss-reactive ketones (excluding diaryl/α,β-unsaturated/α-hetero) is 1. The minimum Gasteiger partial charge on any atom is -0.361 e. The second-order valence-electron chi connectivity index (χ2n) is 4.94. The molecule has 0 saturated heterocycles. The lowest BCUT2D eigenvalue weighted by molar-refractivity contribution is -0.0239. The lowest BCUT2D eigenvalue weighted by Crippen LogP contribution is -2.45. The van der Waals surface area contributed by atoms with Gasteiger partial charge in [-0.05, 0) is 12.0 Å². The van der Waals surface area contributed by atoms with Gasteiger partial charge in [0.1, 0.15) is 0 Å². The molecule has 0 bridgehead atoms. The zero-order chi connectivity index (χ0) is 15.1. The van der Waals surface area contributed by atoms with Gasteiger partial charge in [-0.25, -0.2) is 0 Å². The molecule has 1 atom stereocenters. The van der Waals surface area contributed by atoms with E-state index in [1.807, 2.05) is 55.5 Å². The first kappa shape index (κ1) is 15.4. The van der Waals surface area contributed by atoms with E-state index in [1.54, 1.807) is 12.1 Å². The molecular formula is C18H21NO2. The number of carbonyl (C=O) groups is 1. The lowest BCUT2D eigenvalue weighted by Gasteiger charge is -2.32. The van der Waals surface area contributed by atoms with Crippen molar-refractivity contribution in [3.8, 4) is 0 Å². The molecular weight excluding hydrogens is 262 g/mol. The molecule has 0 amide bonds. The van der Waals surface area contributed by atoms with Gasteiger partial charge in [-0.15, -0.1) is 0 Å². The minimum absolute atomic E-state index is 0.0924. The summed E-state index contributed by atoms with van der Waals surface area (Å²) < 4.78 is 5.96. The summed E-state index contributed by atoms with van der Waals surface area (Å²) in [5.74, 6) is -0.0924. The first-order valence-corrected chi connectivity index (χ1v) is 7.24. The molecule has 2 aromatic rings. The highest BCUT2D eigenvalue weighted by Gasteiger charge is 2.40. The smallest absolute Gasteiger partial charge is 0.200 e. The molecule has 21 heavy (non-hydrogen) atoms. The van der Waals surface area contributed by atoms with E-state index in [9.17, 15) is 4.79 Å². The van der Waals surface area contributed by atoms with E-state index in [2.05, 4.69) is 0 Å². The summed E-state index contributed by atoms with van der Waals surface area (Å²) in [6.07, 6.45) is 0.830. The topological polar surface area (TPSA) is 52.3 Å². The molecule has 2 N–H and O–H groups in total. The summed E-state index contributed by atoms with van der Waals surface area (Å²) in [4.78, 5) is 13.0. The second kappa shape index (κ2) is 7.16. The molecule has 3 nitrogen and oxygen atoms in total. The highest BCUT2D eigenvalue weighted by molar-refractivity contribution is 6.03. The third-order valence-electron chi connectivity index (χ3n) is 3.48. The average molecular weight is 283 g/mol. The summed E-state index contributed by atoms with van der Waals surface area (Å²) in [5, 5.41) is 0. The predicted molar refractivity (Wildman–Crippen MR) is 84.2 cm³/mol. The Balaban J connectivity index is 2.47. The van der Waals surface area contributed by atoms with Crippen molar-refractivity contribution in [2.24, 2.45) is 5.73 Å². The zero-order valence-electron chi connectivity index (χ0n) is 12.3. The van der Waals surface area contributed by atoms with Crippen molar-refractivity contribution < 1.29 is 9.53 Å². The fraction of sp³-hybridized carbons (Fsp3) is 0.278. The van der Waals surface area contributed by atoms with E-state index in [4.69, 9.17) is 10.5 Å². The molecule has 0 heterocycles. The lowest BCUT2D eigenvalue weighted by atomic mass is 9.85. The van der Waals surface area contributed by atoms with E-state index in [1.165, 1.54) is 0 Å². The van der Waals surface area contributed by atoms with Crippen LogP contribution in [0.1, 0.15) is 29.3 Å². The van der Waals surface area contributed by atoms with Gasteiger partial charge in [0.2, 0.25) is 5.78 Å². The predicted octanol–water partition coefficient (Wildman–Crippen LogP) is 3.15. The Morgan fingerprint density at radius 2 is 1.62 bits per heavy atom. The van der Waals surface area contributed by atoms with Crippen LogP contribution in [0.15, 0.2) is 60.7 Å². The standard InChI is InChI=1S/C18H21NO2/c1-2-13-21-18(14-19,16-11-7-4-8-12-16)17(20)15-9-5-3-6-10-15/h3-12H,2,13-14,19H2,1H3. The van der Waals surface area contributed by atoms with Crippen LogP contribution in [-0.4, -0.2) is 18.9 Å². The van der Waals surface area contributed by atoms with Gasteiger partial charge < -0.3 is 10.5 Å². The van der Waals surface area contributed by atoms with Crippen LogP contribution in [0.2, 0.25) is 0 Å². The molecule has 0 fully saturated rings. The molecule has 2 rings (SSSR count). The monoisotopic (exact) mass is 283 g/mol. The second-order valence-corrected chi connectivity index (χ2v) is 4.94. The summed E-state index contributed by atoms with van der Waals surface area (Å²) >= 11 is 0. The van der Waals surface area contributed by atoms with Crippen LogP contribution < -0.4 is 5.73 Å². The van der Waals surface area contributed by atoms with Crippen molar-refractivity contribution in [1.29, 1.82) is 0 Å². The van der Waals surface area contributed by atoms with Crippen molar-refractivity contribution in [2.45, 2.75) is 18.9 Å². The van der Waals surface area contributed by atoms with Gasteiger partial charge in [0.15, 0.2) is 5.60 Å². The molecule has 0 aliphatic carbocycles. The zero-order valence-corrected chi connectivity index (χ0v) is 12.3. The largest absolute Gasteiger partial charge is 0.361 e. The van der Waals surface area contributed by atoms with Crippen LogP contribution in [-0.2, 0) is 10.3 Å². The fourth-order valence-electron chi connectivity index (χ4n) is 2.36. The summed E-state index contributed by atoms with van der Waals surface area (Å²) in [6.45, 7) is 2.62. The summed E-state index contributed by atoms with van der Waals surface area (Å²) in [6, 6.07) is 18.7. The summed E-state index contributed by atoms with van der Waals surface area (Å²) in [7, 11) is 0. The number of ketones is 1. The minimum atomic E-state index is -1.11. The van der Waals surface area contributed by atoms with Crippen molar-refractivity contribution >= 4 is 5.78 Å². The van der Waals surface area contributed by atoms with Crippen LogP contribution in [0.3, 0.4) is 0 Å². The third kappa shape index (κ3) is 3.20. The van der Waals surface area contributed by atoms with Crippen molar-refractivity contribution in [3.05, 3.63) is 71.8 Å². The number of carbonyl (C=O) groups excluding carboxylic acids is 1. The first-order chi connectivity index (χ1) is 10.2. The first-order valence-electron chi connectivity index (χ1n) is 7.24. The summed E-state index contributed by atoms with van der Waals surface area (Å²) in [5.41, 5.74) is 6.28. The molecule has 0 aliphatic rings. The quantitative estimate of drug-likeness (QED) is 0.794. The highest BCUT2D eigenvalue weighted by Crippen LogP contribution is 2.29. The number of ether oxygens (including phenoxy) is 1. The number of rotatable bonds is 7. The Bertz CT molecular complexity index is 568. The van der Waals surface area contributed by atoms with E-state index in [0.29, 0.717) is 12.2 Å². The van der Waals surface area contributed by atoms with Crippen LogP contribution in [0.5, 0.6) is 0 Å². The van der Waals surface area contributed by atoms with Crippen molar-refractivity contribution in [1.82, 2.24) is 0 Å². The van der Waals surface area contributed by atoms with Crippen molar-refractivity contribution in [3.63, 3.8) is 0 Å². The van der Waals surface area contributed by atoms with Gasteiger partial charge >= 0.3 is 0 Å². The fourth-order valence-corrected chi connectivity index (χ4v) is 2.36. The molecule has 0 aliphatic heterocycles. The van der Waals surface area contributed by atoms with E-state index in [-0.39, 0.29) is 12.3 Å².